The van der Waals surface area contributed by atoms with E-state index in [4.69, 9.17) is 4.74 Å². The van der Waals surface area contributed by atoms with E-state index in [9.17, 15) is 0 Å². The predicted molar refractivity (Wildman–Crippen MR) is 109 cm³/mol. The molecule has 2 aromatic carbocycles. The molecule has 0 aliphatic heterocycles. The first-order chi connectivity index (χ1) is 13.4. The van der Waals surface area contributed by atoms with Crippen molar-refractivity contribution in [3.63, 3.8) is 0 Å². The normalized spacial score (nSPS) is 18.6. The molecule has 140 valence electrons. The molecule has 0 saturated heterocycles. The van der Waals surface area contributed by atoms with Crippen LogP contribution < -0.4 is 10.1 Å². The number of hydrogen-bond acceptors (Lipinski definition) is 4. The second-order valence-electron chi connectivity index (χ2n) is 7.24. The van der Waals surface area contributed by atoms with E-state index in [2.05, 4.69) is 46.5 Å². The minimum Gasteiger partial charge on any atom is -0.491 e. The first kappa shape index (κ1) is 17.9. The van der Waals surface area contributed by atoms with Gasteiger partial charge in [0.05, 0.1) is 12.1 Å². The van der Waals surface area contributed by atoms with Gasteiger partial charge in [-0.3, -0.25) is 4.98 Å². The average molecular weight is 361 g/mol. The van der Waals surface area contributed by atoms with E-state index in [0.717, 1.165) is 36.2 Å². The largest absolute Gasteiger partial charge is 0.491 e. The lowest BCUT2D eigenvalue weighted by atomic mass is 9.93. The molecule has 4 rings (SSSR count). The number of ether oxygens (including phenoxy) is 1. The summed E-state index contributed by atoms with van der Waals surface area (Å²) in [6.07, 6.45) is 8.01. The van der Waals surface area contributed by atoms with E-state index in [1.807, 2.05) is 18.2 Å². The molecule has 1 aromatic heterocycles. The molecule has 1 aliphatic rings. The van der Waals surface area contributed by atoms with Crippen molar-refractivity contribution < 1.29 is 4.74 Å². The molecule has 0 spiro atoms. The van der Waals surface area contributed by atoms with Crippen molar-refractivity contribution in [1.29, 1.82) is 0 Å². The van der Waals surface area contributed by atoms with Gasteiger partial charge in [0.15, 0.2) is 0 Å². The van der Waals surface area contributed by atoms with Gasteiger partial charge in [-0.25, -0.2) is 4.98 Å². The molecule has 0 saturated carbocycles. The van der Waals surface area contributed by atoms with E-state index >= 15 is 0 Å². The Morgan fingerprint density at radius 1 is 1.07 bits per heavy atom. The van der Waals surface area contributed by atoms with Gasteiger partial charge in [0, 0.05) is 18.4 Å². The molecule has 4 nitrogen and oxygen atoms in total. The van der Waals surface area contributed by atoms with Crippen LogP contribution in [0.15, 0.2) is 54.9 Å². The number of rotatable bonds is 8. The molecule has 2 atom stereocenters. The van der Waals surface area contributed by atoms with Gasteiger partial charge >= 0.3 is 0 Å². The molecular weight excluding hydrogens is 334 g/mol. The highest BCUT2D eigenvalue weighted by atomic mass is 16.5. The Morgan fingerprint density at radius 3 is 2.89 bits per heavy atom. The highest BCUT2D eigenvalue weighted by Crippen LogP contribution is 2.36. The van der Waals surface area contributed by atoms with Crippen molar-refractivity contribution >= 4 is 11.0 Å². The third-order valence-corrected chi connectivity index (χ3v) is 5.43. The Hall–Kier alpha value is -2.46. The molecular formula is C23H27N3O. The Morgan fingerprint density at radius 2 is 1.96 bits per heavy atom. The first-order valence-electron chi connectivity index (χ1n) is 10.0. The van der Waals surface area contributed by atoms with Gasteiger partial charge in [-0.2, -0.15) is 0 Å². The summed E-state index contributed by atoms with van der Waals surface area (Å²) in [4.78, 5) is 8.72. The molecule has 1 N–H and O–H groups in total. The molecule has 0 fully saturated rings. The number of hydrogen-bond donors (Lipinski definition) is 1. The van der Waals surface area contributed by atoms with Crippen LogP contribution in [-0.4, -0.2) is 29.2 Å². The molecule has 27 heavy (non-hydrogen) atoms. The standard InChI is InChI=1S/C23H27N3O/c1-2-7-19-18-9-4-3-8-17(18)16-21(19)24-12-6-15-27-22-11-5-10-20-23(22)26-14-13-25-20/h3-5,8-11,13-14,19,21,24H,2,6-7,12,15-16H2,1H3. The zero-order valence-corrected chi connectivity index (χ0v) is 15.9. The van der Waals surface area contributed by atoms with Gasteiger partial charge in [-0.05, 0) is 55.0 Å². The number of benzene rings is 2. The highest BCUT2D eigenvalue weighted by molar-refractivity contribution is 5.80. The number of para-hydroxylation sites is 1. The predicted octanol–water partition coefficient (Wildman–Crippen LogP) is 4.50. The summed E-state index contributed by atoms with van der Waals surface area (Å²) in [6.45, 7) is 3.93. The van der Waals surface area contributed by atoms with Crippen molar-refractivity contribution in [1.82, 2.24) is 15.3 Å². The van der Waals surface area contributed by atoms with E-state index in [1.54, 1.807) is 18.0 Å². The summed E-state index contributed by atoms with van der Waals surface area (Å²) in [5, 5.41) is 3.78. The van der Waals surface area contributed by atoms with Crippen LogP contribution in [0.2, 0.25) is 0 Å². The minimum atomic E-state index is 0.547. The van der Waals surface area contributed by atoms with E-state index in [0.29, 0.717) is 18.6 Å². The quantitative estimate of drug-likeness (QED) is 0.600. The Balaban J connectivity index is 1.29. The lowest BCUT2D eigenvalue weighted by Gasteiger charge is -2.21. The lowest BCUT2D eigenvalue weighted by Crippen LogP contribution is -2.34. The molecule has 0 amide bonds. The topological polar surface area (TPSA) is 47.0 Å². The second kappa shape index (κ2) is 8.49. The second-order valence-corrected chi connectivity index (χ2v) is 7.24. The summed E-state index contributed by atoms with van der Waals surface area (Å²) in [7, 11) is 0. The number of fused-ring (bicyclic) bond motifs is 2. The number of nitrogens with one attached hydrogen (secondary N) is 1. The van der Waals surface area contributed by atoms with Crippen molar-refractivity contribution in [2.75, 3.05) is 13.2 Å². The smallest absolute Gasteiger partial charge is 0.147 e. The summed E-state index contributed by atoms with van der Waals surface area (Å²) in [6, 6.07) is 15.4. The fourth-order valence-electron chi connectivity index (χ4n) is 4.18. The minimum absolute atomic E-state index is 0.547. The molecule has 1 heterocycles. The van der Waals surface area contributed by atoms with Gasteiger partial charge in [0.1, 0.15) is 11.3 Å². The highest BCUT2D eigenvalue weighted by Gasteiger charge is 2.30. The number of aromatic nitrogens is 2. The third kappa shape index (κ3) is 3.96. The maximum atomic E-state index is 5.98. The maximum Gasteiger partial charge on any atom is 0.147 e. The lowest BCUT2D eigenvalue weighted by molar-refractivity contribution is 0.304. The monoisotopic (exact) mass is 361 g/mol. The van der Waals surface area contributed by atoms with Crippen molar-refractivity contribution in [2.45, 2.75) is 44.6 Å². The van der Waals surface area contributed by atoms with Crippen LogP contribution in [0, 0.1) is 0 Å². The zero-order chi connectivity index (χ0) is 18.5. The first-order valence-corrected chi connectivity index (χ1v) is 10.0. The fraction of sp³-hybridized carbons (Fsp3) is 0.391. The molecule has 4 heteroatoms. The molecule has 0 bridgehead atoms. The Labute approximate surface area is 161 Å². The zero-order valence-electron chi connectivity index (χ0n) is 15.9. The van der Waals surface area contributed by atoms with Crippen LogP contribution in [0.3, 0.4) is 0 Å². The Bertz CT molecular complexity index is 890. The third-order valence-electron chi connectivity index (χ3n) is 5.43. The molecule has 1 aliphatic carbocycles. The Kier molecular flexibility index (Phi) is 5.64. The summed E-state index contributed by atoms with van der Waals surface area (Å²) in [5.74, 6) is 1.46. The van der Waals surface area contributed by atoms with Gasteiger partial charge < -0.3 is 10.1 Å². The molecule has 2 unspecified atom stereocenters. The number of nitrogens with zero attached hydrogens (tertiary/aromatic N) is 2. The van der Waals surface area contributed by atoms with Crippen LogP contribution in [0.4, 0.5) is 0 Å². The fourth-order valence-corrected chi connectivity index (χ4v) is 4.18. The molecule has 0 radical (unpaired) electrons. The van der Waals surface area contributed by atoms with E-state index in [-0.39, 0.29) is 0 Å². The van der Waals surface area contributed by atoms with Crippen LogP contribution in [-0.2, 0) is 6.42 Å². The van der Waals surface area contributed by atoms with Gasteiger partial charge in [-0.15, -0.1) is 0 Å². The van der Waals surface area contributed by atoms with Crippen LogP contribution in [0.5, 0.6) is 5.75 Å². The van der Waals surface area contributed by atoms with Crippen molar-refractivity contribution in [3.05, 3.63) is 66.0 Å². The van der Waals surface area contributed by atoms with E-state index in [1.165, 1.54) is 18.4 Å². The summed E-state index contributed by atoms with van der Waals surface area (Å²) in [5.41, 5.74) is 4.77. The van der Waals surface area contributed by atoms with Gasteiger partial charge in [-0.1, -0.05) is 43.7 Å². The maximum absolute atomic E-state index is 5.98. The summed E-state index contributed by atoms with van der Waals surface area (Å²) < 4.78 is 5.98. The van der Waals surface area contributed by atoms with Crippen LogP contribution in [0.25, 0.3) is 11.0 Å². The van der Waals surface area contributed by atoms with Crippen molar-refractivity contribution in [3.8, 4) is 5.75 Å². The van der Waals surface area contributed by atoms with Gasteiger partial charge in [0.2, 0.25) is 0 Å². The average Bonchev–Trinajstić information content (AvgIpc) is 3.06. The van der Waals surface area contributed by atoms with E-state index < -0.39 is 0 Å². The van der Waals surface area contributed by atoms with Crippen LogP contribution >= 0.6 is 0 Å². The van der Waals surface area contributed by atoms with Crippen LogP contribution in [0.1, 0.15) is 43.2 Å². The SMILES string of the molecule is CCCC1c2ccccc2CC1NCCCOc1cccc2nccnc12. The van der Waals surface area contributed by atoms with Crippen molar-refractivity contribution in [2.24, 2.45) is 0 Å². The molecule has 3 aromatic rings. The van der Waals surface area contributed by atoms with Gasteiger partial charge in [0.25, 0.3) is 0 Å². The summed E-state index contributed by atoms with van der Waals surface area (Å²) >= 11 is 0.